The number of rotatable bonds is 2. The van der Waals surface area contributed by atoms with E-state index in [1.54, 1.807) is 0 Å². The van der Waals surface area contributed by atoms with Gasteiger partial charge in [0, 0.05) is 37.2 Å². The number of hydrogen-bond acceptors (Lipinski definition) is 7. The van der Waals surface area contributed by atoms with Crippen LogP contribution < -0.4 is 10.5 Å². The van der Waals surface area contributed by atoms with Crippen molar-refractivity contribution in [2.45, 2.75) is 31.1 Å². The number of morpholine rings is 1. The molecule has 2 saturated heterocycles. The summed E-state index contributed by atoms with van der Waals surface area (Å²) in [4.78, 5) is 37.0. The lowest BCUT2D eigenvalue weighted by atomic mass is 9.76. The van der Waals surface area contributed by atoms with Gasteiger partial charge in [-0.25, -0.2) is 4.98 Å². The molecule has 0 aromatic carbocycles. The van der Waals surface area contributed by atoms with Crippen LogP contribution in [0.15, 0.2) is 11.0 Å². The number of amides is 1. The molecule has 2 aliphatic heterocycles. The third-order valence-corrected chi connectivity index (χ3v) is 6.31. The van der Waals surface area contributed by atoms with Gasteiger partial charge >= 0.3 is 0 Å². The van der Waals surface area contributed by atoms with E-state index in [1.165, 1.54) is 6.20 Å². The summed E-state index contributed by atoms with van der Waals surface area (Å²) in [6, 6.07) is 0. The van der Waals surface area contributed by atoms with Crippen LogP contribution in [0.5, 0.6) is 0 Å². The number of likely N-dealkylation sites (tertiary alicyclic amines) is 1. The molecule has 1 spiro atoms. The van der Waals surface area contributed by atoms with Gasteiger partial charge < -0.3 is 14.5 Å². The fourth-order valence-corrected chi connectivity index (χ4v) is 4.66. The molecule has 2 aromatic rings. The minimum atomic E-state index is -0.120. The minimum Gasteiger partial charge on any atom is -0.378 e. The van der Waals surface area contributed by atoms with E-state index in [4.69, 9.17) is 9.72 Å². The summed E-state index contributed by atoms with van der Waals surface area (Å²) in [7, 11) is 0. The molecule has 28 heavy (non-hydrogen) atoms. The Bertz CT molecular complexity index is 925. The molecule has 2 fully saturated rings. The van der Waals surface area contributed by atoms with E-state index < -0.39 is 0 Å². The second-order valence-electron chi connectivity index (χ2n) is 7.74. The van der Waals surface area contributed by atoms with E-state index in [9.17, 15) is 9.59 Å². The van der Waals surface area contributed by atoms with Gasteiger partial charge in [0.05, 0.1) is 25.1 Å². The summed E-state index contributed by atoms with van der Waals surface area (Å²) in [5.41, 5.74) is 1.95. The predicted molar refractivity (Wildman–Crippen MR) is 99.4 cm³/mol. The third-order valence-electron chi connectivity index (χ3n) is 6.31. The maximum atomic E-state index is 12.7. The largest absolute Gasteiger partial charge is 0.378 e. The van der Waals surface area contributed by atoms with Crippen molar-refractivity contribution >= 4 is 11.9 Å². The molecule has 3 aliphatic rings. The normalized spacial score (nSPS) is 21.1. The Morgan fingerprint density at radius 3 is 2.64 bits per heavy atom. The highest BCUT2D eigenvalue weighted by Crippen LogP contribution is 2.44. The van der Waals surface area contributed by atoms with Crippen LogP contribution in [0.3, 0.4) is 0 Å². The van der Waals surface area contributed by atoms with Crippen LogP contribution in [0.4, 0.5) is 5.95 Å². The lowest BCUT2D eigenvalue weighted by molar-refractivity contribution is 0.0657. The summed E-state index contributed by atoms with van der Waals surface area (Å²) in [5.74, 6) is 0.545. The van der Waals surface area contributed by atoms with Crippen molar-refractivity contribution in [2.24, 2.45) is 0 Å². The standard InChI is InChI=1S/C18H23N7O3/c26-15-12-1-2-18(14(12)20-17(21-15)25-7-9-28-10-8-25)3-5-24(6-4-18)16(27)13-11-19-23-22-13/h11H,1-10H2,(H,19,22,23)(H,20,21,26). The first-order valence-corrected chi connectivity index (χ1v) is 9.78. The van der Waals surface area contributed by atoms with Crippen LogP contribution in [-0.2, 0) is 16.6 Å². The SMILES string of the molecule is O=C(c1cn[nH]n1)N1CCC2(CCc3c2nc(N2CCOCC2)[nH]c3=O)CC1. The van der Waals surface area contributed by atoms with E-state index in [0.717, 1.165) is 50.0 Å². The van der Waals surface area contributed by atoms with Crippen molar-refractivity contribution in [1.82, 2.24) is 30.3 Å². The Hall–Kier alpha value is -2.75. The summed E-state index contributed by atoms with van der Waals surface area (Å²) >= 11 is 0. The molecular formula is C18H23N7O3. The number of fused-ring (bicyclic) bond motifs is 2. The van der Waals surface area contributed by atoms with Gasteiger partial charge in [-0.1, -0.05) is 0 Å². The molecule has 0 radical (unpaired) electrons. The van der Waals surface area contributed by atoms with E-state index in [-0.39, 0.29) is 16.9 Å². The molecule has 148 valence electrons. The van der Waals surface area contributed by atoms with Gasteiger partial charge in [-0.2, -0.15) is 15.4 Å². The fraction of sp³-hybridized carbons (Fsp3) is 0.611. The Morgan fingerprint density at radius 1 is 1.14 bits per heavy atom. The molecule has 2 N–H and O–H groups in total. The van der Waals surface area contributed by atoms with Gasteiger partial charge in [0.1, 0.15) is 0 Å². The number of hydrogen-bond donors (Lipinski definition) is 2. The first-order chi connectivity index (χ1) is 13.7. The first-order valence-electron chi connectivity index (χ1n) is 9.78. The number of carbonyl (C=O) groups is 1. The van der Waals surface area contributed by atoms with Crippen LogP contribution in [0.2, 0.25) is 0 Å². The van der Waals surface area contributed by atoms with Crippen LogP contribution in [0.25, 0.3) is 0 Å². The number of aromatic amines is 2. The summed E-state index contributed by atoms with van der Waals surface area (Å²) in [6.45, 7) is 4.01. The number of piperidine rings is 1. The molecule has 10 heteroatoms. The fourth-order valence-electron chi connectivity index (χ4n) is 4.66. The van der Waals surface area contributed by atoms with Crippen LogP contribution in [0.1, 0.15) is 41.0 Å². The van der Waals surface area contributed by atoms with Crippen LogP contribution in [-0.4, -0.2) is 75.6 Å². The van der Waals surface area contributed by atoms with Crippen LogP contribution >= 0.6 is 0 Å². The number of aromatic nitrogens is 5. The van der Waals surface area contributed by atoms with Crippen molar-refractivity contribution in [2.75, 3.05) is 44.3 Å². The zero-order valence-corrected chi connectivity index (χ0v) is 15.6. The topological polar surface area (TPSA) is 120 Å². The Balaban J connectivity index is 1.39. The van der Waals surface area contributed by atoms with Gasteiger partial charge in [0.2, 0.25) is 5.95 Å². The van der Waals surface area contributed by atoms with E-state index >= 15 is 0 Å². The Kier molecular flexibility index (Phi) is 4.15. The highest BCUT2D eigenvalue weighted by molar-refractivity contribution is 5.91. The molecule has 0 atom stereocenters. The van der Waals surface area contributed by atoms with Crippen molar-refractivity contribution in [3.63, 3.8) is 0 Å². The third kappa shape index (κ3) is 2.79. The molecule has 4 heterocycles. The highest BCUT2D eigenvalue weighted by atomic mass is 16.5. The van der Waals surface area contributed by atoms with Crippen molar-refractivity contribution in [3.05, 3.63) is 33.5 Å². The lowest BCUT2D eigenvalue weighted by Gasteiger charge is -2.39. The second-order valence-corrected chi connectivity index (χ2v) is 7.74. The van der Waals surface area contributed by atoms with E-state index in [0.29, 0.717) is 37.9 Å². The number of H-pyrrole nitrogens is 2. The zero-order chi connectivity index (χ0) is 19.1. The van der Waals surface area contributed by atoms with E-state index in [2.05, 4.69) is 25.3 Å². The highest BCUT2D eigenvalue weighted by Gasteiger charge is 2.45. The maximum absolute atomic E-state index is 12.7. The van der Waals surface area contributed by atoms with Gasteiger partial charge in [0.15, 0.2) is 5.69 Å². The number of carbonyl (C=O) groups excluding carboxylic acids is 1. The summed E-state index contributed by atoms with van der Waals surface area (Å²) < 4.78 is 5.41. The molecule has 10 nitrogen and oxygen atoms in total. The van der Waals surface area contributed by atoms with Gasteiger partial charge in [-0.3, -0.25) is 14.6 Å². The van der Waals surface area contributed by atoms with E-state index in [1.807, 2.05) is 4.90 Å². The minimum absolute atomic E-state index is 0.0236. The molecular weight excluding hydrogens is 362 g/mol. The predicted octanol–water partition coefficient (Wildman–Crippen LogP) is -0.155. The number of anilines is 1. The smallest absolute Gasteiger partial charge is 0.276 e. The van der Waals surface area contributed by atoms with Crippen molar-refractivity contribution in [3.8, 4) is 0 Å². The molecule has 5 rings (SSSR count). The monoisotopic (exact) mass is 385 g/mol. The van der Waals surface area contributed by atoms with Gasteiger partial charge in [0.25, 0.3) is 11.5 Å². The molecule has 1 aliphatic carbocycles. The van der Waals surface area contributed by atoms with Gasteiger partial charge in [-0.15, -0.1) is 0 Å². The average molecular weight is 385 g/mol. The molecule has 0 bridgehead atoms. The maximum Gasteiger partial charge on any atom is 0.276 e. The Labute approximate surface area is 161 Å². The van der Waals surface area contributed by atoms with Gasteiger partial charge in [-0.05, 0) is 25.7 Å². The number of nitrogens with one attached hydrogen (secondary N) is 2. The molecule has 0 unspecified atom stereocenters. The van der Waals surface area contributed by atoms with Crippen LogP contribution in [0, 0.1) is 0 Å². The second kappa shape index (κ2) is 6.69. The number of nitrogens with zero attached hydrogens (tertiary/aromatic N) is 5. The molecule has 2 aromatic heterocycles. The average Bonchev–Trinajstić information content (AvgIpc) is 3.38. The summed E-state index contributed by atoms with van der Waals surface area (Å²) in [5, 5.41) is 10.1. The molecule has 1 amide bonds. The lowest BCUT2D eigenvalue weighted by Crippen LogP contribution is -2.45. The number of ether oxygens (including phenoxy) is 1. The summed E-state index contributed by atoms with van der Waals surface area (Å²) in [6.07, 6.45) is 4.73. The zero-order valence-electron chi connectivity index (χ0n) is 15.6. The quantitative estimate of drug-likeness (QED) is 0.737. The first kappa shape index (κ1) is 17.4. The molecule has 0 saturated carbocycles. The van der Waals surface area contributed by atoms with Crippen molar-refractivity contribution in [1.29, 1.82) is 0 Å². The van der Waals surface area contributed by atoms with Crippen molar-refractivity contribution < 1.29 is 9.53 Å². The Morgan fingerprint density at radius 2 is 1.93 bits per heavy atom.